The van der Waals surface area contributed by atoms with Gasteiger partial charge in [-0.1, -0.05) is 0 Å². The second-order valence-electron chi connectivity index (χ2n) is 4.09. The molecular weight excluding hydrogens is 244 g/mol. The fraction of sp³-hybridized carbons (Fsp3) is 0.214. The summed E-state index contributed by atoms with van der Waals surface area (Å²) in [5.74, 6) is 0.909. The van der Waals surface area contributed by atoms with Crippen molar-refractivity contribution < 1.29 is 4.74 Å². The third-order valence-corrected chi connectivity index (χ3v) is 3.87. The monoisotopic (exact) mass is 258 g/mol. The number of hydrogen-bond donors (Lipinski definition) is 0. The van der Waals surface area contributed by atoms with E-state index in [1.807, 2.05) is 38.4 Å². The number of aryl methyl sites for hydroxylation is 1. The van der Waals surface area contributed by atoms with Crippen molar-refractivity contribution in [1.82, 2.24) is 9.55 Å². The summed E-state index contributed by atoms with van der Waals surface area (Å²) in [6.45, 7) is 2.68. The van der Waals surface area contributed by atoms with Crippen molar-refractivity contribution in [3.05, 3.63) is 36.5 Å². The van der Waals surface area contributed by atoms with Crippen molar-refractivity contribution in [2.24, 2.45) is 7.05 Å². The summed E-state index contributed by atoms with van der Waals surface area (Å²) in [5.41, 5.74) is 2.17. The lowest BCUT2D eigenvalue weighted by Crippen LogP contribution is -1.90. The quantitative estimate of drug-likeness (QED) is 0.716. The van der Waals surface area contributed by atoms with Crippen molar-refractivity contribution in [2.75, 3.05) is 6.61 Å². The van der Waals surface area contributed by atoms with Crippen LogP contribution in [0.5, 0.6) is 5.75 Å². The van der Waals surface area contributed by atoms with Crippen LogP contribution in [0, 0.1) is 0 Å². The summed E-state index contributed by atoms with van der Waals surface area (Å²) in [4.78, 5) is 4.66. The Hall–Kier alpha value is -1.81. The highest BCUT2D eigenvalue weighted by Gasteiger charge is 2.09. The van der Waals surface area contributed by atoms with Crippen molar-refractivity contribution in [3.8, 4) is 16.5 Å². The first-order valence-electron chi connectivity index (χ1n) is 5.93. The van der Waals surface area contributed by atoms with Gasteiger partial charge in [-0.15, -0.1) is 11.3 Å². The molecule has 3 nitrogen and oxygen atoms in total. The number of nitrogens with zero attached hydrogens (tertiary/aromatic N) is 2. The van der Waals surface area contributed by atoms with Gasteiger partial charge < -0.3 is 9.30 Å². The number of thiazole rings is 1. The van der Waals surface area contributed by atoms with Gasteiger partial charge in [0.2, 0.25) is 0 Å². The van der Waals surface area contributed by atoms with Crippen LogP contribution in [-0.4, -0.2) is 16.2 Å². The van der Waals surface area contributed by atoms with E-state index in [-0.39, 0.29) is 0 Å². The van der Waals surface area contributed by atoms with E-state index >= 15 is 0 Å². The summed E-state index contributed by atoms with van der Waals surface area (Å²) in [6.07, 6.45) is 2.03. The molecule has 0 atom stereocenters. The van der Waals surface area contributed by atoms with Gasteiger partial charge in [0.05, 0.1) is 22.5 Å². The molecule has 0 unspecified atom stereocenters. The lowest BCUT2D eigenvalue weighted by atomic mass is 10.3. The van der Waals surface area contributed by atoms with E-state index in [0.717, 1.165) is 26.7 Å². The lowest BCUT2D eigenvalue weighted by molar-refractivity contribution is 0.341. The Labute approximate surface area is 110 Å². The van der Waals surface area contributed by atoms with Gasteiger partial charge in [0, 0.05) is 13.2 Å². The summed E-state index contributed by atoms with van der Waals surface area (Å²) >= 11 is 1.70. The van der Waals surface area contributed by atoms with Crippen LogP contribution in [-0.2, 0) is 7.05 Å². The molecular formula is C14H14N2OS. The molecule has 2 heterocycles. The smallest absolute Gasteiger partial charge is 0.141 e. The molecule has 0 bridgehead atoms. The molecule has 0 fully saturated rings. The van der Waals surface area contributed by atoms with Gasteiger partial charge >= 0.3 is 0 Å². The zero-order valence-corrected chi connectivity index (χ0v) is 11.2. The zero-order chi connectivity index (χ0) is 12.5. The van der Waals surface area contributed by atoms with E-state index in [2.05, 4.69) is 21.7 Å². The summed E-state index contributed by atoms with van der Waals surface area (Å²) in [5, 5.41) is 1.05. The van der Waals surface area contributed by atoms with Crippen LogP contribution < -0.4 is 4.74 Å². The average Bonchev–Trinajstić information content (AvgIpc) is 2.94. The van der Waals surface area contributed by atoms with Crippen LogP contribution in [0.2, 0.25) is 0 Å². The number of fused-ring (bicyclic) bond motifs is 1. The SMILES string of the molecule is CCOc1ccc2nc(-c3cccn3C)sc2c1. The number of hydrogen-bond acceptors (Lipinski definition) is 3. The predicted molar refractivity (Wildman–Crippen MR) is 75.2 cm³/mol. The lowest BCUT2D eigenvalue weighted by Gasteiger charge is -2.00. The van der Waals surface area contributed by atoms with E-state index < -0.39 is 0 Å². The Morgan fingerprint density at radius 3 is 2.94 bits per heavy atom. The van der Waals surface area contributed by atoms with Gasteiger partial charge in [-0.05, 0) is 37.3 Å². The molecule has 0 aliphatic rings. The molecule has 3 rings (SSSR count). The molecule has 4 heteroatoms. The minimum absolute atomic E-state index is 0.689. The second kappa shape index (κ2) is 4.46. The number of ether oxygens (including phenoxy) is 1. The molecule has 2 aromatic heterocycles. The Kier molecular flexibility index (Phi) is 2.80. The maximum Gasteiger partial charge on any atom is 0.141 e. The Morgan fingerprint density at radius 2 is 2.22 bits per heavy atom. The Bertz CT molecular complexity index is 684. The highest BCUT2D eigenvalue weighted by Crippen LogP contribution is 2.32. The number of benzene rings is 1. The van der Waals surface area contributed by atoms with Crippen molar-refractivity contribution in [2.45, 2.75) is 6.92 Å². The molecule has 0 saturated heterocycles. The van der Waals surface area contributed by atoms with Crippen LogP contribution >= 0.6 is 11.3 Å². The first kappa shape index (κ1) is 11.3. The Balaban J connectivity index is 2.08. The van der Waals surface area contributed by atoms with Crippen LogP contribution in [0.15, 0.2) is 36.5 Å². The highest BCUT2D eigenvalue weighted by atomic mass is 32.1. The van der Waals surface area contributed by atoms with Gasteiger partial charge in [-0.25, -0.2) is 4.98 Å². The summed E-state index contributed by atoms with van der Waals surface area (Å²) < 4.78 is 8.76. The first-order valence-corrected chi connectivity index (χ1v) is 6.74. The molecule has 0 aliphatic heterocycles. The molecule has 92 valence electrons. The van der Waals surface area contributed by atoms with Gasteiger partial charge in [0.25, 0.3) is 0 Å². The Morgan fingerprint density at radius 1 is 1.33 bits per heavy atom. The largest absolute Gasteiger partial charge is 0.494 e. The van der Waals surface area contributed by atoms with E-state index in [9.17, 15) is 0 Å². The van der Waals surface area contributed by atoms with Crippen LogP contribution in [0.4, 0.5) is 0 Å². The maximum absolute atomic E-state index is 5.51. The minimum atomic E-state index is 0.689. The van der Waals surface area contributed by atoms with Gasteiger partial charge in [0.15, 0.2) is 0 Å². The topological polar surface area (TPSA) is 27.1 Å². The summed E-state index contributed by atoms with van der Waals surface area (Å²) in [6, 6.07) is 10.2. The van der Waals surface area contributed by atoms with Gasteiger partial charge in [-0.3, -0.25) is 0 Å². The van der Waals surface area contributed by atoms with Crippen LogP contribution in [0.25, 0.3) is 20.9 Å². The summed E-state index contributed by atoms with van der Waals surface area (Å²) in [7, 11) is 2.03. The normalized spacial score (nSPS) is 11.0. The zero-order valence-electron chi connectivity index (χ0n) is 10.4. The van der Waals surface area contributed by atoms with Crippen LogP contribution in [0.3, 0.4) is 0 Å². The molecule has 3 aromatic rings. The van der Waals surface area contributed by atoms with Crippen molar-refractivity contribution in [1.29, 1.82) is 0 Å². The molecule has 0 aliphatic carbocycles. The van der Waals surface area contributed by atoms with Crippen molar-refractivity contribution in [3.63, 3.8) is 0 Å². The fourth-order valence-electron chi connectivity index (χ4n) is 1.95. The van der Waals surface area contributed by atoms with Gasteiger partial charge in [0.1, 0.15) is 10.8 Å². The third kappa shape index (κ3) is 1.88. The molecule has 0 spiro atoms. The van der Waals surface area contributed by atoms with E-state index in [4.69, 9.17) is 4.74 Å². The molecule has 1 aromatic carbocycles. The standard InChI is InChI=1S/C14H14N2OS/c1-3-17-10-6-7-11-13(9-10)18-14(15-11)12-5-4-8-16(12)2/h4-9H,3H2,1-2H3. The van der Waals surface area contributed by atoms with Crippen molar-refractivity contribution >= 4 is 21.6 Å². The molecule has 18 heavy (non-hydrogen) atoms. The predicted octanol–water partition coefficient (Wildman–Crippen LogP) is 3.70. The third-order valence-electron chi connectivity index (χ3n) is 2.83. The molecule has 0 amide bonds. The molecule has 0 saturated carbocycles. The first-order chi connectivity index (χ1) is 8.78. The molecule has 0 radical (unpaired) electrons. The average molecular weight is 258 g/mol. The second-order valence-corrected chi connectivity index (χ2v) is 5.12. The highest BCUT2D eigenvalue weighted by molar-refractivity contribution is 7.21. The van der Waals surface area contributed by atoms with Crippen LogP contribution in [0.1, 0.15) is 6.92 Å². The van der Waals surface area contributed by atoms with E-state index in [0.29, 0.717) is 6.61 Å². The molecule has 0 N–H and O–H groups in total. The van der Waals surface area contributed by atoms with E-state index in [1.165, 1.54) is 0 Å². The maximum atomic E-state index is 5.51. The number of rotatable bonds is 3. The van der Waals surface area contributed by atoms with E-state index in [1.54, 1.807) is 11.3 Å². The fourth-order valence-corrected chi connectivity index (χ4v) is 3.02. The van der Waals surface area contributed by atoms with Gasteiger partial charge in [-0.2, -0.15) is 0 Å². The minimum Gasteiger partial charge on any atom is -0.494 e. The number of aromatic nitrogens is 2.